The summed E-state index contributed by atoms with van der Waals surface area (Å²) in [6, 6.07) is 11.2. The molecule has 0 aliphatic carbocycles. The number of carbonyl (C=O) groups is 1. The van der Waals surface area contributed by atoms with Crippen molar-refractivity contribution in [2.24, 2.45) is 0 Å². The van der Waals surface area contributed by atoms with E-state index in [0.29, 0.717) is 13.0 Å². The molecule has 0 bridgehead atoms. The van der Waals surface area contributed by atoms with Crippen LogP contribution in [0.4, 0.5) is 5.69 Å². The number of thiophene rings is 1. The quantitative estimate of drug-likeness (QED) is 0.818. The third-order valence-corrected chi connectivity index (χ3v) is 3.30. The lowest BCUT2D eigenvalue weighted by Crippen LogP contribution is -2.13. The highest BCUT2D eigenvalue weighted by molar-refractivity contribution is 7.10. The SMILES string of the molecule is C=CCOc1ccc(NC(=O)Cc2cccs2)cc1. The Morgan fingerprint density at radius 2 is 2.11 bits per heavy atom. The lowest BCUT2D eigenvalue weighted by atomic mass is 10.2. The number of benzene rings is 1. The van der Waals surface area contributed by atoms with E-state index in [-0.39, 0.29) is 5.91 Å². The molecule has 3 nitrogen and oxygen atoms in total. The van der Waals surface area contributed by atoms with Crippen LogP contribution in [0.15, 0.2) is 54.4 Å². The van der Waals surface area contributed by atoms with E-state index in [2.05, 4.69) is 11.9 Å². The summed E-state index contributed by atoms with van der Waals surface area (Å²) < 4.78 is 5.37. The van der Waals surface area contributed by atoms with Gasteiger partial charge in [-0.25, -0.2) is 0 Å². The first-order valence-corrected chi connectivity index (χ1v) is 6.82. The molecule has 0 saturated carbocycles. The third-order valence-electron chi connectivity index (χ3n) is 2.42. The zero-order valence-electron chi connectivity index (χ0n) is 10.5. The maximum absolute atomic E-state index is 11.8. The van der Waals surface area contributed by atoms with Crippen LogP contribution in [-0.2, 0) is 11.2 Å². The van der Waals surface area contributed by atoms with Crippen molar-refractivity contribution in [3.63, 3.8) is 0 Å². The van der Waals surface area contributed by atoms with E-state index >= 15 is 0 Å². The summed E-state index contributed by atoms with van der Waals surface area (Å²) in [7, 11) is 0. The predicted octanol–water partition coefficient (Wildman–Crippen LogP) is 3.49. The third kappa shape index (κ3) is 4.26. The van der Waals surface area contributed by atoms with Crippen LogP contribution in [0.3, 0.4) is 0 Å². The second-order valence-corrected chi connectivity index (χ2v) is 4.96. The molecule has 0 aliphatic heterocycles. The van der Waals surface area contributed by atoms with Crippen LogP contribution in [0, 0.1) is 0 Å². The molecule has 1 aromatic heterocycles. The highest BCUT2D eigenvalue weighted by Gasteiger charge is 2.04. The van der Waals surface area contributed by atoms with E-state index in [0.717, 1.165) is 16.3 Å². The van der Waals surface area contributed by atoms with Gasteiger partial charge < -0.3 is 10.1 Å². The van der Waals surface area contributed by atoms with Crippen LogP contribution in [-0.4, -0.2) is 12.5 Å². The van der Waals surface area contributed by atoms with Crippen molar-refractivity contribution in [3.8, 4) is 5.75 Å². The molecule has 2 aromatic rings. The second kappa shape index (κ2) is 6.75. The summed E-state index contributed by atoms with van der Waals surface area (Å²) in [5, 5.41) is 4.82. The molecule has 0 saturated heterocycles. The number of nitrogens with one attached hydrogen (secondary N) is 1. The van der Waals surface area contributed by atoms with Gasteiger partial charge in [0.05, 0.1) is 6.42 Å². The normalized spacial score (nSPS) is 9.89. The van der Waals surface area contributed by atoms with Gasteiger partial charge in [-0.15, -0.1) is 11.3 Å². The number of carbonyl (C=O) groups excluding carboxylic acids is 1. The molecule has 0 aliphatic rings. The van der Waals surface area contributed by atoms with Crippen molar-refractivity contribution in [3.05, 3.63) is 59.3 Å². The Kier molecular flexibility index (Phi) is 4.75. The minimum Gasteiger partial charge on any atom is -0.490 e. The first-order valence-electron chi connectivity index (χ1n) is 5.94. The van der Waals surface area contributed by atoms with Crippen molar-refractivity contribution in [2.75, 3.05) is 11.9 Å². The molecule has 1 aromatic carbocycles. The topological polar surface area (TPSA) is 38.3 Å². The number of ether oxygens (including phenoxy) is 1. The molecule has 19 heavy (non-hydrogen) atoms. The average Bonchev–Trinajstić information content (AvgIpc) is 2.90. The molecule has 0 fully saturated rings. The summed E-state index contributed by atoms with van der Waals surface area (Å²) in [6.07, 6.45) is 2.10. The van der Waals surface area contributed by atoms with Gasteiger partial charge >= 0.3 is 0 Å². The number of hydrogen-bond acceptors (Lipinski definition) is 3. The zero-order chi connectivity index (χ0) is 13.5. The minimum absolute atomic E-state index is 0.0118. The Bertz CT molecular complexity index is 532. The fourth-order valence-electron chi connectivity index (χ4n) is 1.57. The van der Waals surface area contributed by atoms with Crippen LogP contribution in [0.1, 0.15) is 4.88 Å². The smallest absolute Gasteiger partial charge is 0.229 e. The standard InChI is InChI=1S/C15H15NO2S/c1-2-9-18-13-7-5-12(6-8-13)16-15(17)11-14-4-3-10-19-14/h2-8,10H,1,9,11H2,(H,16,17). The van der Waals surface area contributed by atoms with Gasteiger partial charge in [-0.05, 0) is 35.7 Å². The highest BCUT2D eigenvalue weighted by atomic mass is 32.1. The number of rotatable bonds is 6. The summed E-state index contributed by atoms with van der Waals surface area (Å²) >= 11 is 1.58. The van der Waals surface area contributed by atoms with Crippen molar-refractivity contribution >= 4 is 22.9 Å². The molecule has 0 atom stereocenters. The van der Waals surface area contributed by atoms with Crippen LogP contribution in [0.25, 0.3) is 0 Å². The Labute approximate surface area is 116 Å². The van der Waals surface area contributed by atoms with Gasteiger partial charge in [0, 0.05) is 10.6 Å². The molecule has 4 heteroatoms. The van der Waals surface area contributed by atoms with E-state index < -0.39 is 0 Å². The Morgan fingerprint density at radius 3 is 2.74 bits per heavy atom. The van der Waals surface area contributed by atoms with E-state index in [9.17, 15) is 4.79 Å². The van der Waals surface area contributed by atoms with Gasteiger partial charge in [-0.2, -0.15) is 0 Å². The highest BCUT2D eigenvalue weighted by Crippen LogP contribution is 2.16. The van der Waals surface area contributed by atoms with Crippen molar-refractivity contribution in [1.29, 1.82) is 0 Å². The number of anilines is 1. The van der Waals surface area contributed by atoms with Gasteiger partial charge in [-0.3, -0.25) is 4.79 Å². The average molecular weight is 273 g/mol. The fraction of sp³-hybridized carbons (Fsp3) is 0.133. The minimum atomic E-state index is -0.0118. The number of hydrogen-bond donors (Lipinski definition) is 1. The van der Waals surface area contributed by atoms with Crippen molar-refractivity contribution < 1.29 is 9.53 Å². The van der Waals surface area contributed by atoms with Gasteiger partial charge in [0.1, 0.15) is 12.4 Å². The first kappa shape index (κ1) is 13.4. The number of amides is 1. The van der Waals surface area contributed by atoms with Crippen molar-refractivity contribution in [1.82, 2.24) is 0 Å². The predicted molar refractivity (Wildman–Crippen MR) is 78.8 cm³/mol. The molecule has 1 heterocycles. The van der Waals surface area contributed by atoms with Crippen LogP contribution < -0.4 is 10.1 Å². The molecular weight excluding hydrogens is 258 g/mol. The molecule has 1 N–H and O–H groups in total. The fourth-order valence-corrected chi connectivity index (χ4v) is 2.27. The zero-order valence-corrected chi connectivity index (χ0v) is 11.3. The molecule has 98 valence electrons. The lowest BCUT2D eigenvalue weighted by molar-refractivity contribution is -0.115. The Morgan fingerprint density at radius 1 is 1.32 bits per heavy atom. The summed E-state index contributed by atoms with van der Waals surface area (Å²) in [5.41, 5.74) is 0.771. The maximum Gasteiger partial charge on any atom is 0.229 e. The van der Waals surface area contributed by atoms with Crippen LogP contribution in [0.5, 0.6) is 5.75 Å². The Hall–Kier alpha value is -2.07. The molecule has 2 rings (SSSR count). The molecule has 1 amide bonds. The van der Waals surface area contributed by atoms with E-state index in [1.807, 2.05) is 41.8 Å². The summed E-state index contributed by atoms with van der Waals surface area (Å²) in [6.45, 7) is 4.06. The molecule has 0 spiro atoms. The first-order chi connectivity index (χ1) is 9.28. The monoisotopic (exact) mass is 273 g/mol. The van der Waals surface area contributed by atoms with E-state index in [4.69, 9.17) is 4.74 Å². The van der Waals surface area contributed by atoms with Crippen molar-refractivity contribution in [2.45, 2.75) is 6.42 Å². The summed E-state index contributed by atoms with van der Waals surface area (Å²) in [4.78, 5) is 12.8. The van der Waals surface area contributed by atoms with Gasteiger partial charge in [-0.1, -0.05) is 18.7 Å². The summed E-state index contributed by atoms with van der Waals surface area (Å²) in [5.74, 6) is 0.748. The molecule has 0 radical (unpaired) electrons. The Balaban J connectivity index is 1.88. The molecule has 0 unspecified atom stereocenters. The van der Waals surface area contributed by atoms with Crippen LogP contribution >= 0.6 is 11.3 Å². The maximum atomic E-state index is 11.8. The van der Waals surface area contributed by atoms with Crippen LogP contribution in [0.2, 0.25) is 0 Å². The largest absolute Gasteiger partial charge is 0.490 e. The second-order valence-electron chi connectivity index (χ2n) is 3.93. The molecular formula is C15H15NO2S. The van der Waals surface area contributed by atoms with Gasteiger partial charge in [0.25, 0.3) is 0 Å². The van der Waals surface area contributed by atoms with Gasteiger partial charge in [0.2, 0.25) is 5.91 Å². The van der Waals surface area contributed by atoms with E-state index in [1.165, 1.54) is 0 Å². The van der Waals surface area contributed by atoms with E-state index in [1.54, 1.807) is 17.4 Å². The van der Waals surface area contributed by atoms with Gasteiger partial charge in [0.15, 0.2) is 0 Å². The lowest BCUT2D eigenvalue weighted by Gasteiger charge is -2.06.